The fraction of sp³-hybridized carbons (Fsp3) is 0.105. The van der Waals surface area contributed by atoms with Crippen LogP contribution in [-0.2, 0) is 21.2 Å². The summed E-state index contributed by atoms with van der Waals surface area (Å²) in [6.07, 6.45) is 1.84. The van der Waals surface area contributed by atoms with Gasteiger partial charge in [0, 0.05) is 12.7 Å². The number of para-hydroxylation sites is 1. The lowest BCUT2D eigenvalue weighted by Gasteiger charge is -2.07. The number of carbonyl (C=O) groups is 1. The second-order valence-electron chi connectivity index (χ2n) is 5.67. The molecule has 28 heavy (non-hydrogen) atoms. The van der Waals surface area contributed by atoms with E-state index in [1.807, 2.05) is 6.07 Å². The van der Waals surface area contributed by atoms with Crippen molar-refractivity contribution in [3.63, 3.8) is 0 Å². The molecule has 0 spiro atoms. The molecule has 0 aliphatic heterocycles. The Balaban J connectivity index is 1.94. The van der Waals surface area contributed by atoms with Crippen LogP contribution in [0, 0.1) is 22.7 Å². The molecule has 0 aromatic heterocycles. The predicted octanol–water partition coefficient (Wildman–Crippen LogP) is 1.38. The van der Waals surface area contributed by atoms with Gasteiger partial charge in [-0.05, 0) is 36.2 Å². The maximum absolute atomic E-state index is 12.2. The summed E-state index contributed by atoms with van der Waals surface area (Å²) in [4.78, 5) is 12.2. The minimum atomic E-state index is -3.73. The largest absolute Gasteiger partial charge is 0.389 e. The number of nitrogens with two attached hydrogens (primary N) is 1. The summed E-state index contributed by atoms with van der Waals surface area (Å²) in [6.45, 7) is 0.419. The van der Waals surface area contributed by atoms with Crippen LogP contribution < -0.4 is 15.8 Å². The van der Waals surface area contributed by atoms with Crippen molar-refractivity contribution in [2.24, 2.45) is 5.14 Å². The minimum Gasteiger partial charge on any atom is -0.389 e. The van der Waals surface area contributed by atoms with Crippen LogP contribution in [0.2, 0.25) is 0 Å². The molecule has 0 heterocycles. The van der Waals surface area contributed by atoms with Gasteiger partial charge in [0.2, 0.25) is 10.0 Å². The van der Waals surface area contributed by atoms with Gasteiger partial charge in [-0.2, -0.15) is 10.5 Å². The Morgan fingerprint density at radius 2 is 1.79 bits per heavy atom. The molecule has 0 saturated carbocycles. The molecule has 2 rings (SSSR count). The van der Waals surface area contributed by atoms with Crippen molar-refractivity contribution in [2.45, 2.75) is 11.3 Å². The molecule has 142 valence electrons. The van der Waals surface area contributed by atoms with E-state index in [0.29, 0.717) is 24.2 Å². The summed E-state index contributed by atoms with van der Waals surface area (Å²) < 4.78 is 22.4. The van der Waals surface area contributed by atoms with Gasteiger partial charge in [-0.15, -0.1) is 0 Å². The Hall–Kier alpha value is -3.66. The highest BCUT2D eigenvalue weighted by Gasteiger charge is 2.11. The van der Waals surface area contributed by atoms with E-state index in [2.05, 4.69) is 10.6 Å². The first-order valence-electron chi connectivity index (χ1n) is 8.11. The van der Waals surface area contributed by atoms with Gasteiger partial charge in [0.1, 0.15) is 17.7 Å². The molecule has 0 aliphatic carbocycles. The van der Waals surface area contributed by atoms with Crippen molar-refractivity contribution in [2.75, 3.05) is 11.9 Å². The summed E-state index contributed by atoms with van der Waals surface area (Å²) in [5.41, 5.74) is 1.34. The van der Waals surface area contributed by atoms with E-state index in [0.717, 1.165) is 5.56 Å². The zero-order chi connectivity index (χ0) is 20.6. The fourth-order valence-corrected chi connectivity index (χ4v) is 2.78. The van der Waals surface area contributed by atoms with E-state index < -0.39 is 15.9 Å². The molecule has 2 aromatic carbocycles. The summed E-state index contributed by atoms with van der Waals surface area (Å²) in [5, 5.41) is 28.7. The van der Waals surface area contributed by atoms with Crippen molar-refractivity contribution in [3.05, 3.63) is 71.4 Å². The highest BCUT2D eigenvalue weighted by molar-refractivity contribution is 7.89. The Labute approximate surface area is 163 Å². The average Bonchev–Trinajstić information content (AvgIpc) is 2.68. The van der Waals surface area contributed by atoms with Gasteiger partial charge < -0.3 is 10.6 Å². The quantitative estimate of drug-likeness (QED) is 0.366. The van der Waals surface area contributed by atoms with Crippen molar-refractivity contribution in [1.29, 1.82) is 10.5 Å². The van der Waals surface area contributed by atoms with Crippen LogP contribution in [0.3, 0.4) is 0 Å². The fourth-order valence-electron chi connectivity index (χ4n) is 2.26. The van der Waals surface area contributed by atoms with Gasteiger partial charge in [-0.1, -0.05) is 24.3 Å². The average molecular weight is 395 g/mol. The number of carbonyl (C=O) groups excluding carboxylic acids is 1. The molecule has 2 aromatic rings. The van der Waals surface area contributed by atoms with Gasteiger partial charge in [-0.25, -0.2) is 13.6 Å². The molecule has 0 aliphatic rings. The third-order valence-electron chi connectivity index (χ3n) is 3.72. The molecule has 9 heteroatoms. The van der Waals surface area contributed by atoms with Gasteiger partial charge >= 0.3 is 0 Å². The SMILES string of the molecule is N#C/C(=C/NCCc1ccc(S(N)(=O)=O)cc1)C(=O)Nc1ccccc1C#N. The summed E-state index contributed by atoms with van der Waals surface area (Å²) >= 11 is 0. The van der Waals surface area contributed by atoms with Crippen LogP contribution in [0.25, 0.3) is 0 Å². The molecular weight excluding hydrogens is 378 g/mol. The molecule has 0 atom stereocenters. The number of anilines is 1. The third kappa shape index (κ3) is 5.68. The number of nitrogens with zero attached hydrogens (tertiary/aromatic N) is 2. The summed E-state index contributed by atoms with van der Waals surface area (Å²) in [7, 11) is -3.73. The number of hydrogen-bond acceptors (Lipinski definition) is 6. The van der Waals surface area contributed by atoms with Gasteiger partial charge in [0.25, 0.3) is 5.91 Å². The lowest BCUT2D eigenvalue weighted by molar-refractivity contribution is -0.112. The molecule has 4 N–H and O–H groups in total. The molecule has 1 amide bonds. The zero-order valence-electron chi connectivity index (χ0n) is 14.7. The first-order chi connectivity index (χ1) is 13.3. The molecule has 0 saturated heterocycles. The van der Waals surface area contributed by atoms with Crippen molar-refractivity contribution >= 4 is 21.6 Å². The molecule has 0 fully saturated rings. The number of nitriles is 2. The van der Waals surface area contributed by atoms with Gasteiger partial charge in [0.05, 0.1) is 16.1 Å². The normalized spacial score (nSPS) is 11.2. The number of sulfonamides is 1. The monoisotopic (exact) mass is 395 g/mol. The maximum Gasteiger partial charge on any atom is 0.267 e. The molecule has 0 radical (unpaired) electrons. The Bertz CT molecular complexity index is 1080. The summed E-state index contributed by atoms with van der Waals surface area (Å²) in [6, 6.07) is 16.4. The van der Waals surface area contributed by atoms with E-state index >= 15 is 0 Å². The number of primary sulfonamides is 1. The number of hydrogen-bond donors (Lipinski definition) is 3. The summed E-state index contributed by atoms with van der Waals surface area (Å²) in [5.74, 6) is -0.629. The van der Waals surface area contributed by atoms with Crippen LogP contribution in [-0.4, -0.2) is 20.9 Å². The van der Waals surface area contributed by atoms with Crippen molar-refractivity contribution in [1.82, 2.24) is 5.32 Å². The number of amides is 1. The second kappa shape index (κ2) is 9.33. The predicted molar refractivity (Wildman–Crippen MR) is 103 cm³/mol. The Morgan fingerprint density at radius 3 is 2.39 bits per heavy atom. The number of rotatable bonds is 7. The Morgan fingerprint density at radius 1 is 1.11 bits per heavy atom. The number of benzene rings is 2. The van der Waals surface area contributed by atoms with Crippen LogP contribution in [0.1, 0.15) is 11.1 Å². The van der Waals surface area contributed by atoms with E-state index in [9.17, 15) is 18.5 Å². The van der Waals surface area contributed by atoms with Crippen LogP contribution >= 0.6 is 0 Å². The topological polar surface area (TPSA) is 149 Å². The van der Waals surface area contributed by atoms with Crippen molar-refractivity contribution in [3.8, 4) is 12.1 Å². The van der Waals surface area contributed by atoms with E-state index in [1.54, 1.807) is 42.5 Å². The van der Waals surface area contributed by atoms with E-state index in [-0.39, 0.29) is 10.5 Å². The molecule has 8 nitrogen and oxygen atoms in total. The molecular formula is C19H17N5O3S. The van der Waals surface area contributed by atoms with E-state index in [4.69, 9.17) is 10.4 Å². The van der Waals surface area contributed by atoms with E-state index in [1.165, 1.54) is 18.3 Å². The third-order valence-corrected chi connectivity index (χ3v) is 4.65. The van der Waals surface area contributed by atoms with Crippen LogP contribution in [0.4, 0.5) is 5.69 Å². The van der Waals surface area contributed by atoms with Gasteiger partial charge in [0.15, 0.2) is 0 Å². The minimum absolute atomic E-state index is 0.0326. The highest BCUT2D eigenvalue weighted by Crippen LogP contribution is 2.14. The highest BCUT2D eigenvalue weighted by atomic mass is 32.2. The molecule has 0 unspecified atom stereocenters. The molecule has 0 bridgehead atoms. The van der Waals surface area contributed by atoms with Crippen molar-refractivity contribution < 1.29 is 13.2 Å². The van der Waals surface area contributed by atoms with Crippen LogP contribution in [0.5, 0.6) is 0 Å². The first-order valence-corrected chi connectivity index (χ1v) is 9.65. The first kappa shape index (κ1) is 20.6. The second-order valence-corrected chi connectivity index (χ2v) is 7.24. The standard InChI is InChI=1S/C19H17N5O3S/c20-11-15-3-1-2-4-18(15)24-19(25)16(12-21)13-23-10-9-14-5-7-17(8-6-14)28(22,26)27/h1-8,13,23H,9-10H2,(H,24,25)(H2,22,26,27)/b16-13-. The Kier molecular flexibility index (Phi) is 6.88. The smallest absolute Gasteiger partial charge is 0.267 e. The lowest BCUT2D eigenvalue weighted by Crippen LogP contribution is -2.18. The zero-order valence-corrected chi connectivity index (χ0v) is 15.5. The maximum atomic E-state index is 12.2. The van der Waals surface area contributed by atoms with Gasteiger partial charge in [-0.3, -0.25) is 4.79 Å². The lowest BCUT2D eigenvalue weighted by atomic mass is 10.1. The number of nitrogens with one attached hydrogen (secondary N) is 2. The van der Waals surface area contributed by atoms with Crippen LogP contribution in [0.15, 0.2) is 65.2 Å².